The first kappa shape index (κ1) is 15.3. The van der Waals surface area contributed by atoms with Gasteiger partial charge in [0.05, 0.1) is 3.79 Å². The van der Waals surface area contributed by atoms with Gasteiger partial charge in [0.1, 0.15) is 0 Å². The first-order valence-electron chi connectivity index (χ1n) is 8.06. The maximum absolute atomic E-state index is 3.72. The Morgan fingerprint density at radius 2 is 1.24 bits per heavy atom. The van der Waals surface area contributed by atoms with Crippen molar-refractivity contribution in [1.29, 1.82) is 0 Å². The zero-order chi connectivity index (χ0) is 16.8. The van der Waals surface area contributed by atoms with Gasteiger partial charge in [-0.3, -0.25) is 0 Å². The SMILES string of the molecule is Brc1cc2c(-c3ccccc3)c3sccc3c(-c3ccccc3)c2s1. The molecule has 0 aliphatic carbocycles. The minimum absolute atomic E-state index is 1.18. The molecule has 5 aromatic rings. The molecule has 25 heavy (non-hydrogen) atoms. The van der Waals surface area contributed by atoms with E-state index in [0.717, 1.165) is 0 Å². The summed E-state index contributed by atoms with van der Waals surface area (Å²) in [5.74, 6) is 0. The van der Waals surface area contributed by atoms with E-state index < -0.39 is 0 Å². The van der Waals surface area contributed by atoms with Crippen molar-refractivity contribution in [3.63, 3.8) is 0 Å². The minimum atomic E-state index is 1.18. The van der Waals surface area contributed by atoms with Crippen molar-refractivity contribution in [2.45, 2.75) is 0 Å². The van der Waals surface area contributed by atoms with Crippen molar-refractivity contribution < 1.29 is 0 Å². The van der Waals surface area contributed by atoms with Crippen LogP contribution in [0.4, 0.5) is 0 Å². The zero-order valence-electron chi connectivity index (χ0n) is 13.2. The van der Waals surface area contributed by atoms with Crippen molar-refractivity contribution in [3.05, 3.63) is 82.0 Å². The van der Waals surface area contributed by atoms with E-state index in [1.807, 2.05) is 22.7 Å². The van der Waals surface area contributed by atoms with Gasteiger partial charge in [-0.15, -0.1) is 22.7 Å². The summed E-state index contributed by atoms with van der Waals surface area (Å²) in [6.45, 7) is 0. The van der Waals surface area contributed by atoms with Crippen LogP contribution in [0.1, 0.15) is 0 Å². The molecular formula is C22H13BrS2. The Hall–Kier alpha value is -1.94. The van der Waals surface area contributed by atoms with Gasteiger partial charge in [0.25, 0.3) is 0 Å². The molecule has 120 valence electrons. The van der Waals surface area contributed by atoms with Crippen molar-refractivity contribution >= 4 is 58.8 Å². The molecule has 0 spiro atoms. The number of rotatable bonds is 2. The first-order chi connectivity index (χ1) is 12.3. The molecule has 3 aromatic carbocycles. The molecule has 0 fully saturated rings. The van der Waals surface area contributed by atoms with Gasteiger partial charge in [-0.2, -0.15) is 0 Å². The van der Waals surface area contributed by atoms with Crippen molar-refractivity contribution in [3.8, 4) is 22.3 Å². The van der Waals surface area contributed by atoms with Crippen molar-refractivity contribution in [2.24, 2.45) is 0 Å². The maximum atomic E-state index is 3.72. The van der Waals surface area contributed by atoms with Crippen LogP contribution in [0.25, 0.3) is 42.4 Å². The van der Waals surface area contributed by atoms with Crippen LogP contribution >= 0.6 is 38.6 Å². The number of hydrogen-bond acceptors (Lipinski definition) is 2. The van der Waals surface area contributed by atoms with Crippen molar-refractivity contribution in [1.82, 2.24) is 0 Å². The fourth-order valence-corrected chi connectivity index (χ4v) is 6.13. The molecule has 0 bridgehead atoms. The topological polar surface area (TPSA) is 0 Å². The standard InChI is InChI=1S/C22H13BrS2/c23-18-13-17-20(15-9-5-2-6-10-15)21-16(11-12-24-21)19(22(17)25-18)14-7-3-1-4-8-14/h1-13H. The average molecular weight is 421 g/mol. The highest BCUT2D eigenvalue weighted by atomic mass is 79.9. The smallest absolute Gasteiger partial charge is 0.0711 e. The highest BCUT2D eigenvalue weighted by Crippen LogP contribution is 2.49. The van der Waals surface area contributed by atoms with Crippen LogP contribution in [0.5, 0.6) is 0 Å². The van der Waals surface area contributed by atoms with Crippen LogP contribution in [0.15, 0.2) is 82.0 Å². The van der Waals surface area contributed by atoms with E-state index in [-0.39, 0.29) is 0 Å². The normalized spacial score (nSPS) is 11.4. The van der Waals surface area contributed by atoms with Crippen LogP contribution in [0.3, 0.4) is 0 Å². The van der Waals surface area contributed by atoms with Crippen molar-refractivity contribution in [2.75, 3.05) is 0 Å². The molecule has 0 aliphatic rings. The average Bonchev–Trinajstić information content (AvgIpc) is 3.27. The van der Waals surface area contributed by atoms with Gasteiger partial charge in [-0.25, -0.2) is 0 Å². The third-order valence-electron chi connectivity index (χ3n) is 4.48. The van der Waals surface area contributed by atoms with Gasteiger partial charge in [0.2, 0.25) is 0 Å². The lowest BCUT2D eigenvalue weighted by Crippen LogP contribution is -1.84. The van der Waals surface area contributed by atoms with E-state index in [0.29, 0.717) is 0 Å². The van der Waals surface area contributed by atoms with E-state index in [1.165, 1.54) is 46.2 Å². The number of benzene rings is 3. The molecular weight excluding hydrogens is 408 g/mol. The number of hydrogen-bond donors (Lipinski definition) is 0. The molecule has 0 N–H and O–H groups in total. The maximum Gasteiger partial charge on any atom is 0.0711 e. The quantitative estimate of drug-likeness (QED) is 0.269. The second-order valence-electron chi connectivity index (χ2n) is 5.94. The summed E-state index contributed by atoms with van der Waals surface area (Å²) in [5, 5.41) is 4.89. The van der Waals surface area contributed by atoms with Gasteiger partial charge in [-0.1, -0.05) is 60.7 Å². The lowest BCUT2D eigenvalue weighted by Gasteiger charge is -2.12. The molecule has 0 radical (unpaired) electrons. The summed E-state index contributed by atoms with van der Waals surface area (Å²) >= 11 is 7.37. The van der Waals surface area contributed by atoms with Crippen LogP contribution in [-0.4, -0.2) is 0 Å². The highest BCUT2D eigenvalue weighted by molar-refractivity contribution is 9.11. The Morgan fingerprint density at radius 1 is 0.640 bits per heavy atom. The third kappa shape index (κ3) is 2.46. The summed E-state index contributed by atoms with van der Waals surface area (Å²) in [5.41, 5.74) is 5.26. The Bertz CT molecular complexity index is 1090. The van der Waals surface area contributed by atoms with E-state index in [1.54, 1.807) is 0 Å². The monoisotopic (exact) mass is 420 g/mol. The van der Waals surface area contributed by atoms with Crippen LogP contribution in [0.2, 0.25) is 0 Å². The second-order valence-corrected chi connectivity index (χ2v) is 9.29. The van der Waals surface area contributed by atoms with E-state index in [9.17, 15) is 0 Å². The largest absolute Gasteiger partial charge is 0.143 e. The summed E-state index contributed by atoms with van der Waals surface area (Å²) < 4.78 is 3.89. The number of fused-ring (bicyclic) bond motifs is 2. The highest BCUT2D eigenvalue weighted by Gasteiger charge is 2.19. The van der Waals surface area contributed by atoms with E-state index in [4.69, 9.17) is 0 Å². The molecule has 0 aliphatic heterocycles. The third-order valence-corrected chi connectivity index (χ3v) is 7.07. The Kier molecular flexibility index (Phi) is 3.74. The number of thiophene rings is 2. The molecule has 5 rings (SSSR count). The van der Waals surface area contributed by atoms with Gasteiger partial charge in [-0.05, 0) is 44.6 Å². The summed E-state index contributed by atoms with van der Waals surface area (Å²) in [6, 6.07) is 26.0. The lowest BCUT2D eigenvalue weighted by atomic mass is 9.94. The second kappa shape index (κ2) is 6.10. The molecule has 0 saturated heterocycles. The fraction of sp³-hybridized carbons (Fsp3) is 0. The molecule has 2 aromatic heterocycles. The van der Waals surface area contributed by atoms with Crippen LogP contribution < -0.4 is 0 Å². The molecule has 3 heteroatoms. The molecule has 0 nitrogen and oxygen atoms in total. The molecule has 0 amide bonds. The van der Waals surface area contributed by atoms with Gasteiger partial charge in [0.15, 0.2) is 0 Å². The van der Waals surface area contributed by atoms with Crippen LogP contribution in [0, 0.1) is 0 Å². The summed E-state index contributed by atoms with van der Waals surface area (Å²) in [6.07, 6.45) is 0. The van der Waals surface area contributed by atoms with Gasteiger partial charge < -0.3 is 0 Å². The molecule has 0 atom stereocenters. The fourth-order valence-electron chi connectivity index (χ4n) is 3.46. The zero-order valence-corrected chi connectivity index (χ0v) is 16.4. The van der Waals surface area contributed by atoms with Gasteiger partial charge >= 0.3 is 0 Å². The Morgan fingerprint density at radius 3 is 1.88 bits per heavy atom. The predicted molar refractivity (Wildman–Crippen MR) is 116 cm³/mol. The molecule has 2 heterocycles. The van der Waals surface area contributed by atoms with E-state index >= 15 is 0 Å². The Labute approximate surface area is 162 Å². The van der Waals surface area contributed by atoms with E-state index in [2.05, 4.69) is 94.1 Å². The molecule has 0 unspecified atom stereocenters. The van der Waals surface area contributed by atoms with Gasteiger partial charge in [0, 0.05) is 31.3 Å². The van der Waals surface area contributed by atoms with Crippen LogP contribution in [-0.2, 0) is 0 Å². The molecule has 0 saturated carbocycles. The minimum Gasteiger partial charge on any atom is -0.143 e. The summed E-state index contributed by atoms with van der Waals surface area (Å²) in [4.78, 5) is 0. The number of halogens is 1. The predicted octanol–water partition coefficient (Wildman–Crippen LogP) is 8.21. The lowest BCUT2D eigenvalue weighted by molar-refractivity contribution is 1.68. The summed E-state index contributed by atoms with van der Waals surface area (Å²) in [7, 11) is 0. The Balaban J connectivity index is 1.99. The first-order valence-corrected chi connectivity index (χ1v) is 10.5.